The van der Waals surface area contributed by atoms with E-state index in [4.69, 9.17) is 4.42 Å². The lowest BCUT2D eigenvalue weighted by molar-refractivity contribution is 0.490. The van der Waals surface area contributed by atoms with Gasteiger partial charge in [-0.3, -0.25) is 0 Å². The van der Waals surface area contributed by atoms with E-state index < -0.39 is 0 Å². The Morgan fingerprint density at radius 3 is 3.07 bits per heavy atom. The van der Waals surface area contributed by atoms with Crippen molar-refractivity contribution in [3.63, 3.8) is 0 Å². The molecule has 1 aromatic rings. The van der Waals surface area contributed by atoms with Gasteiger partial charge in [-0.05, 0) is 43.5 Å². The molecule has 1 N–H and O–H groups in total. The van der Waals surface area contributed by atoms with Crippen LogP contribution in [-0.4, -0.2) is 13.1 Å². The lowest BCUT2D eigenvalue weighted by Gasteiger charge is -2.05. The van der Waals surface area contributed by atoms with E-state index in [0.29, 0.717) is 5.92 Å². The molecule has 0 amide bonds. The Labute approximate surface area is 85.7 Å². The maximum Gasteiger partial charge on any atom is 0.107 e. The van der Waals surface area contributed by atoms with Gasteiger partial charge in [0.05, 0.1) is 6.26 Å². The second-order valence-electron chi connectivity index (χ2n) is 4.67. The zero-order valence-corrected chi connectivity index (χ0v) is 8.99. The van der Waals surface area contributed by atoms with Crippen molar-refractivity contribution in [3.05, 3.63) is 24.2 Å². The van der Waals surface area contributed by atoms with Crippen LogP contribution in [0, 0.1) is 11.8 Å². The molecule has 0 radical (unpaired) electrons. The molecule has 2 unspecified atom stereocenters. The summed E-state index contributed by atoms with van der Waals surface area (Å²) in [5, 5.41) is 3.50. The molecule has 2 heteroatoms. The first-order valence-electron chi connectivity index (χ1n) is 5.51. The minimum absolute atomic E-state index is 0.685. The Balaban J connectivity index is 1.67. The van der Waals surface area contributed by atoms with E-state index in [1.807, 2.05) is 6.07 Å². The maximum atomic E-state index is 5.39. The van der Waals surface area contributed by atoms with E-state index >= 15 is 0 Å². The highest BCUT2D eigenvalue weighted by Gasteiger charge is 2.39. The largest absolute Gasteiger partial charge is 0.469 e. The van der Waals surface area contributed by atoms with Crippen molar-refractivity contribution in [3.8, 4) is 0 Å². The number of hydrogen-bond donors (Lipinski definition) is 1. The molecule has 1 heterocycles. The van der Waals surface area contributed by atoms with Gasteiger partial charge in [-0.1, -0.05) is 13.8 Å². The molecule has 0 bridgehead atoms. The van der Waals surface area contributed by atoms with Gasteiger partial charge in [0.25, 0.3) is 0 Å². The fourth-order valence-electron chi connectivity index (χ4n) is 1.88. The van der Waals surface area contributed by atoms with Crippen LogP contribution in [0.5, 0.6) is 0 Å². The molecule has 0 aliphatic heterocycles. The van der Waals surface area contributed by atoms with E-state index in [-0.39, 0.29) is 0 Å². The maximum absolute atomic E-state index is 5.39. The summed E-state index contributed by atoms with van der Waals surface area (Å²) in [7, 11) is 0. The highest BCUT2D eigenvalue weighted by molar-refractivity contribution is 5.15. The Kier molecular flexibility index (Phi) is 2.92. The monoisotopic (exact) mass is 193 g/mol. The van der Waals surface area contributed by atoms with Gasteiger partial charge >= 0.3 is 0 Å². The molecule has 1 saturated carbocycles. The molecule has 1 aromatic heterocycles. The summed E-state index contributed by atoms with van der Waals surface area (Å²) in [5.74, 6) is 3.40. The molecule has 2 rings (SSSR count). The van der Waals surface area contributed by atoms with Crippen LogP contribution in [0.15, 0.2) is 22.8 Å². The fourth-order valence-corrected chi connectivity index (χ4v) is 1.88. The Morgan fingerprint density at radius 2 is 2.43 bits per heavy atom. The van der Waals surface area contributed by atoms with Gasteiger partial charge in [-0.25, -0.2) is 0 Å². The minimum Gasteiger partial charge on any atom is -0.469 e. The van der Waals surface area contributed by atoms with Gasteiger partial charge in [0.15, 0.2) is 0 Å². The van der Waals surface area contributed by atoms with Crippen molar-refractivity contribution in [1.29, 1.82) is 0 Å². The van der Waals surface area contributed by atoms with E-state index in [9.17, 15) is 0 Å². The van der Waals surface area contributed by atoms with Crippen molar-refractivity contribution in [2.24, 2.45) is 11.8 Å². The van der Waals surface area contributed by atoms with Crippen LogP contribution in [0.2, 0.25) is 0 Å². The number of nitrogens with one attached hydrogen (secondary N) is 1. The second kappa shape index (κ2) is 4.18. The summed E-state index contributed by atoms with van der Waals surface area (Å²) in [6, 6.07) is 4.07. The van der Waals surface area contributed by atoms with Gasteiger partial charge in [-0.2, -0.15) is 0 Å². The minimum atomic E-state index is 0.685. The zero-order valence-electron chi connectivity index (χ0n) is 8.99. The summed E-state index contributed by atoms with van der Waals surface area (Å²) in [6.07, 6.45) is 3.06. The topological polar surface area (TPSA) is 25.2 Å². The van der Waals surface area contributed by atoms with Gasteiger partial charge in [0.1, 0.15) is 5.76 Å². The molecule has 2 nitrogen and oxygen atoms in total. The highest BCUT2D eigenvalue weighted by atomic mass is 16.3. The average Bonchev–Trinajstić information content (AvgIpc) is 2.72. The van der Waals surface area contributed by atoms with Crippen LogP contribution < -0.4 is 5.32 Å². The van der Waals surface area contributed by atoms with Crippen LogP contribution in [0.1, 0.15) is 31.9 Å². The number of hydrogen-bond acceptors (Lipinski definition) is 2. The predicted molar refractivity (Wildman–Crippen MR) is 57.3 cm³/mol. The third-order valence-corrected chi connectivity index (χ3v) is 2.79. The Morgan fingerprint density at radius 1 is 1.57 bits per heavy atom. The highest BCUT2D eigenvalue weighted by Crippen LogP contribution is 2.46. The smallest absolute Gasteiger partial charge is 0.107 e. The van der Waals surface area contributed by atoms with Gasteiger partial charge in [0.2, 0.25) is 0 Å². The van der Waals surface area contributed by atoms with Crippen molar-refractivity contribution < 1.29 is 4.42 Å². The lowest BCUT2D eigenvalue weighted by atomic mass is 10.2. The van der Waals surface area contributed by atoms with Crippen LogP contribution in [0.4, 0.5) is 0 Å². The molecule has 0 aromatic carbocycles. The van der Waals surface area contributed by atoms with Gasteiger partial charge < -0.3 is 9.73 Å². The lowest BCUT2D eigenvalue weighted by Crippen LogP contribution is -2.22. The first kappa shape index (κ1) is 9.78. The van der Waals surface area contributed by atoms with Crippen LogP contribution in [0.3, 0.4) is 0 Å². The average molecular weight is 193 g/mol. The first-order chi connectivity index (χ1) is 6.77. The summed E-state index contributed by atoms with van der Waals surface area (Å²) < 4.78 is 5.39. The van der Waals surface area contributed by atoms with E-state index in [1.165, 1.54) is 12.2 Å². The summed E-state index contributed by atoms with van der Waals surface area (Å²) in [6.45, 7) is 6.75. The van der Waals surface area contributed by atoms with E-state index in [1.54, 1.807) is 6.26 Å². The molecule has 14 heavy (non-hydrogen) atoms. The molecule has 0 spiro atoms. The third kappa shape index (κ3) is 2.38. The SMILES string of the molecule is CC(C)CNCC1CC1c1ccco1. The van der Waals surface area contributed by atoms with E-state index in [2.05, 4.69) is 25.2 Å². The Hall–Kier alpha value is -0.760. The van der Waals surface area contributed by atoms with Crippen molar-refractivity contribution in [2.75, 3.05) is 13.1 Å². The molecule has 1 fully saturated rings. The summed E-state index contributed by atoms with van der Waals surface area (Å²) in [5.41, 5.74) is 0. The fraction of sp³-hybridized carbons (Fsp3) is 0.667. The van der Waals surface area contributed by atoms with Crippen molar-refractivity contribution in [1.82, 2.24) is 5.32 Å². The van der Waals surface area contributed by atoms with Crippen LogP contribution >= 0.6 is 0 Å². The van der Waals surface area contributed by atoms with E-state index in [0.717, 1.165) is 24.9 Å². The van der Waals surface area contributed by atoms with Crippen molar-refractivity contribution in [2.45, 2.75) is 26.2 Å². The summed E-state index contributed by atoms with van der Waals surface area (Å²) in [4.78, 5) is 0. The number of rotatable bonds is 5. The first-order valence-corrected chi connectivity index (χ1v) is 5.51. The molecule has 1 aliphatic carbocycles. The van der Waals surface area contributed by atoms with Gasteiger partial charge in [-0.15, -0.1) is 0 Å². The second-order valence-corrected chi connectivity index (χ2v) is 4.67. The molecule has 0 saturated heterocycles. The molecular formula is C12H19NO. The van der Waals surface area contributed by atoms with Crippen LogP contribution in [-0.2, 0) is 0 Å². The zero-order chi connectivity index (χ0) is 9.97. The predicted octanol–water partition coefficient (Wildman–Crippen LogP) is 2.63. The van der Waals surface area contributed by atoms with Crippen molar-refractivity contribution >= 4 is 0 Å². The third-order valence-electron chi connectivity index (χ3n) is 2.79. The molecule has 2 atom stereocenters. The number of furan rings is 1. The normalized spacial score (nSPS) is 25.6. The van der Waals surface area contributed by atoms with Gasteiger partial charge in [0, 0.05) is 5.92 Å². The van der Waals surface area contributed by atoms with Crippen LogP contribution in [0.25, 0.3) is 0 Å². The molecular weight excluding hydrogens is 174 g/mol. The molecule has 1 aliphatic rings. The summed E-state index contributed by atoms with van der Waals surface area (Å²) >= 11 is 0. The molecule has 78 valence electrons. The standard InChI is InChI=1S/C12H19NO/c1-9(2)7-13-8-10-6-11(10)12-4-3-5-14-12/h3-5,9-11,13H,6-8H2,1-2H3. The quantitative estimate of drug-likeness (QED) is 0.777. The Bertz CT molecular complexity index is 266.